The molecule has 8 heteroatoms. The Balaban J connectivity index is 1.90. The Morgan fingerprint density at radius 3 is 2.48 bits per heavy atom. The summed E-state index contributed by atoms with van der Waals surface area (Å²) in [6, 6.07) is 12.2. The van der Waals surface area contributed by atoms with E-state index in [-0.39, 0.29) is 6.54 Å². The van der Waals surface area contributed by atoms with Crippen LogP contribution < -0.4 is 4.31 Å². The van der Waals surface area contributed by atoms with Gasteiger partial charge < -0.3 is 9.47 Å². The van der Waals surface area contributed by atoms with Crippen molar-refractivity contribution in [2.75, 3.05) is 24.6 Å². The quantitative estimate of drug-likeness (QED) is 0.704. The Bertz CT molecular complexity index is 863. The second-order valence-corrected chi connectivity index (χ2v) is 8.37. The second-order valence-electron chi connectivity index (χ2n) is 6.23. The van der Waals surface area contributed by atoms with Crippen LogP contribution >= 0.6 is 0 Å². The fraction of sp³-hybridized carbons (Fsp3) is 0.368. The van der Waals surface area contributed by atoms with Gasteiger partial charge in [0.15, 0.2) is 0 Å². The number of rotatable bonds is 6. The zero-order valence-electron chi connectivity index (χ0n) is 15.1. The lowest BCUT2D eigenvalue weighted by atomic mass is 10.2. The van der Waals surface area contributed by atoms with Gasteiger partial charge in [0.2, 0.25) is 10.0 Å². The predicted octanol–water partition coefficient (Wildman–Crippen LogP) is 2.38. The van der Waals surface area contributed by atoms with Crippen molar-refractivity contribution in [3.05, 3.63) is 59.9 Å². The number of ether oxygens (including phenoxy) is 2. The maximum absolute atomic E-state index is 13.3. The molecule has 1 aliphatic rings. The number of carbonyl (C=O) groups is 1. The Morgan fingerprint density at radius 1 is 1.19 bits per heavy atom. The van der Waals surface area contributed by atoms with E-state index in [1.54, 1.807) is 36.4 Å². The van der Waals surface area contributed by atoms with Crippen molar-refractivity contribution in [1.29, 1.82) is 0 Å². The van der Waals surface area contributed by atoms with E-state index < -0.39 is 21.2 Å². The molecule has 0 amide bonds. The van der Waals surface area contributed by atoms with Crippen molar-refractivity contribution in [3.8, 4) is 0 Å². The van der Waals surface area contributed by atoms with E-state index in [0.29, 0.717) is 43.0 Å². The number of nitrogens with zero attached hydrogens (tertiary/aromatic N) is 2. The van der Waals surface area contributed by atoms with E-state index in [9.17, 15) is 13.2 Å². The Labute approximate surface area is 159 Å². The number of sulfonamides is 1. The molecular formula is C19H22N2O5S. The van der Waals surface area contributed by atoms with Gasteiger partial charge in [0.25, 0.3) is 0 Å². The van der Waals surface area contributed by atoms with Gasteiger partial charge in [-0.15, -0.1) is 0 Å². The summed E-state index contributed by atoms with van der Waals surface area (Å²) >= 11 is 0. The zero-order chi connectivity index (χ0) is 19.3. The van der Waals surface area contributed by atoms with Gasteiger partial charge in [-0.1, -0.05) is 18.2 Å². The highest BCUT2D eigenvalue weighted by Gasteiger charge is 2.34. The number of para-hydroxylation sites is 1. The lowest BCUT2D eigenvalue weighted by molar-refractivity contribution is 0.0600. The lowest BCUT2D eigenvalue weighted by Crippen LogP contribution is -2.41. The normalized spacial score (nSPS) is 15.3. The first-order valence-corrected chi connectivity index (χ1v) is 10.2. The topological polar surface area (TPSA) is 85.8 Å². The molecule has 0 N–H and O–H groups in total. The van der Waals surface area contributed by atoms with Gasteiger partial charge >= 0.3 is 5.97 Å². The van der Waals surface area contributed by atoms with E-state index in [0.717, 1.165) is 0 Å². The molecule has 0 unspecified atom stereocenters. The van der Waals surface area contributed by atoms with Crippen molar-refractivity contribution < 1.29 is 22.7 Å². The molecule has 144 valence electrons. The molecule has 0 bridgehead atoms. The maximum Gasteiger partial charge on any atom is 0.339 e. The van der Waals surface area contributed by atoms with Crippen LogP contribution in [0.4, 0.5) is 5.69 Å². The Hall–Kier alpha value is -2.45. The van der Waals surface area contributed by atoms with Gasteiger partial charge in [-0.25, -0.2) is 13.2 Å². The number of anilines is 1. The molecule has 1 aromatic heterocycles. The van der Waals surface area contributed by atoms with Crippen LogP contribution in [0.25, 0.3) is 0 Å². The zero-order valence-corrected chi connectivity index (χ0v) is 15.9. The lowest BCUT2D eigenvalue weighted by Gasteiger charge is -2.31. The van der Waals surface area contributed by atoms with E-state index in [1.807, 2.05) is 6.07 Å². The fourth-order valence-corrected chi connectivity index (χ4v) is 4.86. The van der Waals surface area contributed by atoms with Crippen molar-refractivity contribution in [1.82, 2.24) is 4.98 Å². The number of pyridine rings is 1. The Kier molecular flexibility index (Phi) is 6.08. The monoisotopic (exact) mass is 390 g/mol. The second kappa shape index (κ2) is 8.49. The number of hydrogen-bond donors (Lipinski definition) is 0. The number of hydrogen-bond acceptors (Lipinski definition) is 6. The number of esters is 1. The summed E-state index contributed by atoms with van der Waals surface area (Å²) in [7, 11) is -2.29. The predicted molar refractivity (Wildman–Crippen MR) is 101 cm³/mol. The number of methoxy groups -OCH3 is 1. The van der Waals surface area contributed by atoms with Crippen LogP contribution in [-0.2, 0) is 26.0 Å². The van der Waals surface area contributed by atoms with E-state index in [2.05, 4.69) is 9.72 Å². The molecule has 2 heterocycles. The summed E-state index contributed by atoms with van der Waals surface area (Å²) in [4.78, 5) is 15.8. The third-order valence-corrected chi connectivity index (χ3v) is 6.76. The molecule has 1 aromatic carbocycles. The summed E-state index contributed by atoms with van der Waals surface area (Å²) in [5, 5.41) is -0.485. The van der Waals surface area contributed by atoms with E-state index in [1.165, 1.54) is 17.6 Å². The average Bonchev–Trinajstić information content (AvgIpc) is 2.73. The fourth-order valence-electron chi connectivity index (χ4n) is 2.98. The highest BCUT2D eigenvalue weighted by molar-refractivity contribution is 7.93. The SMILES string of the molecule is COC(=O)c1ccc(CN(c2ccccc2)S(=O)(=O)C2CCOCC2)nc1. The molecule has 7 nitrogen and oxygen atoms in total. The first-order chi connectivity index (χ1) is 13.0. The van der Waals surface area contributed by atoms with Crippen LogP contribution in [0.3, 0.4) is 0 Å². The van der Waals surface area contributed by atoms with Crippen LogP contribution in [0, 0.1) is 0 Å². The number of benzene rings is 1. The molecule has 2 aromatic rings. The van der Waals surface area contributed by atoms with Crippen LogP contribution in [0.15, 0.2) is 48.7 Å². The molecule has 0 atom stereocenters. The van der Waals surface area contributed by atoms with E-state index >= 15 is 0 Å². The molecule has 1 aliphatic heterocycles. The van der Waals surface area contributed by atoms with Crippen molar-refractivity contribution in [3.63, 3.8) is 0 Å². The van der Waals surface area contributed by atoms with Crippen LogP contribution in [-0.4, -0.2) is 44.9 Å². The summed E-state index contributed by atoms with van der Waals surface area (Å²) in [5.74, 6) is -0.483. The molecule has 3 rings (SSSR count). The largest absolute Gasteiger partial charge is 0.465 e. The van der Waals surface area contributed by atoms with Crippen molar-refractivity contribution in [2.45, 2.75) is 24.6 Å². The first-order valence-electron chi connectivity index (χ1n) is 8.70. The number of aromatic nitrogens is 1. The molecule has 0 radical (unpaired) electrons. The van der Waals surface area contributed by atoms with Crippen LogP contribution in [0.1, 0.15) is 28.9 Å². The van der Waals surface area contributed by atoms with Crippen molar-refractivity contribution in [2.24, 2.45) is 0 Å². The molecule has 1 saturated heterocycles. The average molecular weight is 390 g/mol. The maximum atomic E-state index is 13.3. The smallest absolute Gasteiger partial charge is 0.339 e. The standard InChI is InChI=1S/C19H22N2O5S/c1-25-19(22)15-7-8-16(20-13-15)14-21(17-5-3-2-4-6-17)27(23,24)18-9-11-26-12-10-18/h2-8,13,18H,9-12,14H2,1H3. The highest BCUT2D eigenvalue weighted by Crippen LogP contribution is 2.27. The summed E-state index contributed by atoms with van der Waals surface area (Å²) < 4.78 is 37.9. The summed E-state index contributed by atoms with van der Waals surface area (Å²) in [6.07, 6.45) is 2.34. The number of carbonyl (C=O) groups excluding carboxylic acids is 1. The molecule has 0 spiro atoms. The van der Waals surface area contributed by atoms with Gasteiger partial charge in [0.1, 0.15) is 0 Å². The summed E-state index contributed by atoms with van der Waals surface area (Å²) in [6.45, 7) is 0.975. The van der Waals surface area contributed by atoms with Gasteiger partial charge in [0.05, 0.1) is 35.8 Å². The molecule has 0 saturated carbocycles. The van der Waals surface area contributed by atoms with Crippen LogP contribution in [0.5, 0.6) is 0 Å². The van der Waals surface area contributed by atoms with Crippen LogP contribution in [0.2, 0.25) is 0 Å². The van der Waals surface area contributed by atoms with Gasteiger partial charge in [0, 0.05) is 19.4 Å². The molecule has 27 heavy (non-hydrogen) atoms. The van der Waals surface area contributed by atoms with Gasteiger partial charge in [-0.05, 0) is 37.1 Å². The third-order valence-electron chi connectivity index (χ3n) is 4.49. The first kappa shape index (κ1) is 19.3. The van der Waals surface area contributed by atoms with Crippen molar-refractivity contribution >= 4 is 21.7 Å². The molecule has 1 fully saturated rings. The van der Waals surface area contributed by atoms with E-state index in [4.69, 9.17) is 4.74 Å². The molecular weight excluding hydrogens is 368 g/mol. The molecule has 0 aliphatic carbocycles. The van der Waals surface area contributed by atoms with Gasteiger partial charge in [-0.3, -0.25) is 9.29 Å². The third kappa shape index (κ3) is 4.45. The minimum absolute atomic E-state index is 0.0884. The summed E-state index contributed by atoms with van der Waals surface area (Å²) in [5.41, 5.74) is 1.45. The minimum atomic E-state index is -3.58. The minimum Gasteiger partial charge on any atom is -0.465 e. The highest BCUT2D eigenvalue weighted by atomic mass is 32.2. The Morgan fingerprint density at radius 2 is 1.89 bits per heavy atom. The van der Waals surface area contributed by atoms with Gasteiger partial charge in [-0.2, -0.15) is 0 Å².